The van der Waals surface area contributed by atoms with E-state index >= 15 is 0 Å². The number of methoxy groups -OCH3 is 1. The van der Waals surface area contributed by atoms with Gasteiger partial charge in [0.2, 0.25) is 27.7 Å². The number of alkyl halides is 2. The van der Waals surface area contributed by atoms with E-state index in [1.807, 2.05) is 12.2 Å². The maximum atomic E-state index is 14.4. The van der Waals surface area contributed by atoms with Gasteiger partial charge in [0.1, 0.15) is 41.3 Å². The first-order chi connectivity index (χ1) is 26.0. The third-order valence-corrected chi connectivity index (χ3v) is 13.5. The topological polar surface area (TPSA) is 195 Å². The summed E-state index contributed by atoms with van der Waals surface area (Å²) in [6.07, 6.45) is 3.29. The first-order valence-electron chi connectivity index (χ1n) is 18.7. The molecule has 7 rings (SSSR count). The summed E-state index contributed by atoms with van der Waals surface area (Å²) in [6, 6.07) is 2.81. The summed E-state index contributed by atoms with van der Waals surface area (Å²) in [5.74, 6) is -4.87. The molecule has 298 valence electrons. The third kappa shape index (κ3) is 8.05. The number of hydrogen-bond donors (Lipinski definition) is 3. The monoisotopic (exact) mass is 788 g/mol. The largest absolute Gasteiger partial charge is 0.497 e. The lowest BCUT2D eigenvalue weighted by molar-refractivity contribution is -0.146. The normalized spacial score (nSPS) is 29.6. The highest BCUT2D eigenvalue weighted by Crippen LogP contribution is 2.47. The number of benzene rings is 1. The van der Waals surface area contributed by atoms with Gasteiger partial charge in [-0.1, -0.05) is 25.0 Å². The van der Waals surface area contributed by atoms with Crippen molar-refractivity contribution in [2.24, 2.45) is 5.92 Å². The molecule has 2 aliphatic heterocycles. The average Bonchev–Trinajstić information content (AvgIpc) is 3.99. The van der Waals surface area contributed by atoms with E-state index in [4.69, 9.17) is 14.2 Å². The van der Waals surface area contributed by atoms with Gasteiger partial charge in [-0.2, -0.15) is 0 Å². The second kappa shape index (κ2) is 14.5. The van der Waals surface area contributed by atoms with Gasteiger partial charge >= 0.3 is 6.09 Å². The molecule has 0 radical (unpaired) electrons. The zero-order chi connectivity index (χ0) is 39.3. The molecule has 5 aliphatic rings. The van der Waals surface area contributed by atoms with Gasteiger partial charge in [-0.3, -0.25) is 19.1 Å². The predicted molar refractivity (Wildman–Crippen MR) is 193 cm³/mol. The second-order valence-electron chi connectivity index (χ2n) is 15.7. The summed E-state index contributed by atoms with van der Waals surface area (Å²) in [4.78, 5) is 66.0. The number of halogens is 2. The molecule has 2 aromatic rings. The summed E-state index contributed by atoms with van der Waals surface area (Å²) >= 11 is 0. The van der Waals surface area contributed by atoms with Gasteiger partial charge in [0.05, 0.1) is 29.4 Å². The highest BCUT2D eigenvalue weighted by molar-refractivity contribution is 7.91. The number of allylic oxidation sites excluding steroid dienone is 1. The summed E-state index contributed by atoms with van der Waals surface area (Å²) < 4.78 is 71.1. The number of aromatic nitrogens is 2. The Morgan fingerprint density at radius 3 is 2.51 bits per heavy atom. The number of carbonyl (C=O) groups is 4. The zero-order valence-electron chi connectivity index (χ0n) is 30.9. The van der Waals surface area contributed by atoms with E-state index < -0.39 is 93.1 Å². The number of sulfonamides is 1. The van der Waals surface area contributed by atoms with E-state index in [0.717, 1.165) is 0 Å². The molecule has 1 aromatic carbocycles. The van der Waals surface area contributed by atoms with Crippen LogP contribution in [0.25, 0.3) is 11.0 Å². The standard InChI is InChI=1S/C37H46F2N6O9S/c1-21-31(41-28-15-23(52-3)11-12-26(28)40-21)53-24-16-29-30(46)43-37(33(48)44-55(50,51)35(2)13-14-35)17-22(37)9-7-5-4-6-8-10-27(32(47)45(29)20-24)42-34(49)54-25-18-36(38,39)19-25/h7,9,11-12,15,22,24-25,27,29H,4-6,8,10,13-14,16-20H2,1-3H3,(H,42,49)(H,43,46)(H,44,48)/b9-7-/t22-,24-,27+,29+,37-/m1/s1. The summed E-state index contributed by atoms with van der Waals surface area (Å²) in [5, 5.41) is 5.38. The number of ether oxygens (including phenoxy) is 3. The maximum Gasteiger partial charge on any atom is 0.408 e. The van der Waals surface area contributed by atoms with E-state index in [1.54, 1.807) is 32.0 Å². The van der Waals surface area contributed by atoms with Crippen molar-refractivity contribution in [3.63, 3.8) is 0 Å². The van der Waals surface area contributed by atoms with Crippen molar-refractivity contribution in [1.29, 1.82) is 0 Å². The number of amides is 4. The van der Waals surface area contributed by atoms with Crippen molar-refractivity contribution in [1.82, 2.24) is 30.2 Å². The number of nitrogens with one attached hydrogen (secondary N) is 3. The molecule has 0 unspecified atom stereocenters. The van der Waals surface area contributed by atoms with Crippen LogP contribution in [0.5, 0.6) is 11.6 Å². The van der Waals surface area contributed by atoms with Crippen LogP contribution in [0.3, 0.4) is 0 Å². The third-order valence-electron chi connectivity index (χ3n) is 11.4. The van der Waals surface area contributed by atoms with Gasteiger partial charge in [-0.15, -0.1) is 0 Å². The van der Waals surface area contributed by atoms with Crippen LogP contribution in [-0.2, 0) is 29.1 Å². The quantitative estimate of drug-likeness (QED) is 0.331. The summed E-state index contributed by atoms with van der Waals surface area (Å²) in [7, 11) is -2.51. The van der Waals surface area contributed by atoms with Crippen LogP contribution in [0.2, 0.25) is 0 Å². The molecule has 5 atom stereocenters. The van der Waals surface area contributed by atoms with Crippen LogP contribution < -0.4 is 24.8 Å². The van der Waals surface area contributed by atoms with E-state index in [1.165, 1.54) is 12.0 Å². The molecule has 1 aromatic heterocycles. The van der Waals surface area contributed by atoms with Crippen molar-refractivity contribution in [3.8, 4) is 11.6 Å². The molecule has 15 nitrogen and oxygen atoms in total. The van der Waals surface area contributed by atoms with Crippen LogP contribution in [-0.4, -0.2) is 101 Å². The van der Waals surface area contributed by atoms with Crippen LogP contribution in [0.15, 0.2) is 30.4 Å². The fourth-order valence-corrected chi connectivity index (χ4v) is 8.78. The first kappa shape index (κ1) is 38.7. The van der Waals surface area contributed by atoms with Crippen molar-refractivity contribution in [3.05, 3.63) is 36.0 Å². The molecule has 55 heavy (non-hydrogen) atoms. The number of alkyl carbamates (subject to hydrolysis) is 1. The minimum atomic E-state index is -4.03. The number of aryl methyl sites for hydroxylation is 1. The van der Waals surface area contributed by atoms with Gasteiger partial charge in [0, 0.05) is 31.2 Å². The Balaban J connectivity index is 1.17. The molecular formula is C37H46F2N6O9S. The molecule has 1 saturated heterocycles. The average molecular weight is 789 g/mol. The van der Waals surface area contributed by atoms with E-state index in [0.29, 0.717) is 61.0 Å². The number of carbonyl (C=O) groups excluding carboxylic acids is 4. The van der Waals surface area contributed by atoms with Gasteiger partial charge in [-0.25, -0.2) is 32.0 Å². The van der Waals surface area contributed by atoms with Crippen molar-refractivity contribution >= 4 is 44.9 Å². The van der Waals surface area contributed by atoms with Gasteiger partial charge < -0.3 is 29.7 Å². The van der Waals surface area contributed by atoms with Crippen molar-refractivity contribution in [2.75, 3.05) is 13.7 Å². The molecule has 0 bridgehead atoms. The Labute approximate surface area is 317 Å². The first-order valence-corrected chi connectivity index (χ1v) is 20.2. The lowest BCUT2D eigenvalue weighted by atomic mass is 9.91. The van der Waals surface area contributed by atoms with Crippen LogP contribution in [0.1, 0.15) is 83.2 Å². The number of nitrogens with zero attached hydrogens (tertiary/aromatic N) is 3. The van der Waals surface area contributed by atoms with E-state index in [2.05, 4.69) is 25.3 Å². The second-order valence-corrected chi connectivity index (χ2v) is 17.9. The number of fused-ring (bicyclic) bond motifs is 3. The molecule has 3 heterocycles. The van der Waals surface area contributed by atoms with E-state index in [-0.39, 0.29) is 31.7 Å². The minimum Gasteiger partial charge on any atom is -0.497 e. The highest BCUT2D eigenvalue weighted by atomic mass is 32.2. The predicted octanol–water partition coefficient (Wildman–Crippen LogP) is 3.58. The summed E-state index contributed by atoms with van der Waals surface area (Å²) in [5.41, 5.74) is -0.0362. The fraction of sp³-hybridized carbons (Fsp3) is 0.622. The fourth-order valence-electron chi connectivity index (χ4n) is 7.47. The molecular weight excluding hydrogens is 743 g/mol. The van der Waals surface area contributed by atoms with Crippen molar-refractivity contribution < 1.29 is 50.6 Å². The smallest absolute Gasteiger partial charge is 0.408 e. The number of hydrogen-bond acceptors (Lipinski definition) is 11. The van der Waals surface area contributed by atoms with Crippen LogP contribution in [0, 0.1) is 12.8 Å². The van der Waals surface area contributed by atoms with Crippen LogP contribution >= 0.6 is 0 Å². The molecule has 18 heteroatoms. The Bertz CT molecular complexity index is 2020. The summed E-state index contributed by atoms with van der Waals surface area (Å²) in [6.45, 7) is 3.15. The highest BCUT2D eigenvalue weighted by Gasteiger charge is 2.63. The Hall–Kier alpha value is -4.61. The molecule has 0 spiro atoms. The number of rotatable bonds is 8. The van der Waals surface area contributed by atoms with Gasteiger partial charge in [0.15, 0.2) is 0 Å². The zero-order valence-corrected chi connectivity index (χ0v) is 31.8. The Morgan fingerprint density at radius 1 is 1.04 bits per heavy atom. The van der Waals surface area contributed by atoms with Crippen molar-refractivity contribution in [2.45, 2.75) is 125 Å². The molecule has 3 aliphatic carbocycles. The molecule has 3 saturated carbocycles. The SMILES string of the molecule is COc1ccc2nc(C)c(O[C@@H]3C[C@H]4C(=O)N[C@]5(C(=O)NS(=O)(=O)C6(C)CC6)C[C@H]5/C=C\CCCCC[C@H](NC(=O)OC5CC(F)(F)C5)C(=O)N4C3)nc2c1. The maximum absolute atomic E-state index is 14.4. The van der Waals surface area contributed by atoms with E-state index in [9.17, 15) is 36.4 Å². The van der Waals surface area contributed by atoms with Gasteiger partial charge in [-0.05, 0) is 64.5 Å². The lowest BCUT2D eigenvalue weighted by Gasteiger charge is -2.34. The molecule has 3 N–H and O–H groups in total. The lowest BCUT2D eigenvalue weighted by Crippen LogP contribution is -2.58. The Morgan fingerprint density at radius 2 is 1.80 bits per heavy atom. The van der Waals surface area contributed by atoms with Crippen LogP contribution in [0.4, 0.5) is 13.6 Å². The Kier molecular flexibility index (Phi) is 10.2. The molecule has 4 amide bonds. The van der Waals surface area contributed by atoms with Gasteiger partial charge in [0.25, 0.3) is 11.8 Å². The molecule has 4 fully saturated rings. The minimum absolute atomic E-state index is 0.0439.